The summed E-state index contributed by atoms with van der Waals surface area (Å²) < 4.78 is 23.2. The van der Waals surface area contributed by atoms with E-state index >= 15 is 0 Å². The third-order valence-electron chi connectivity index (χ3n) is 2.08. The lowest BCUT2D eigenvalue weighted by atomic mass is 10.2. The number of nitrogens with zero attached hydrogens (tertiary/aromatic N) is 1. The number of rotatable bonds is 4. The first-order valence-electron chi connectivity index (χ1n) is 4.42. The van der Waals surface area contributed by atoms with Crippen LogP contribution in [0, 0.1) is 17.0 Å². The van der Waals surface area contributed by atoms with Crippen LogP contribution in [0.3, 0.4) is 0 Å². The van der Waals surface area contributed by atoms with Crippen LogP contribution in [0.2, 0.25) is 0 Å². The van der Waals surface area contributed by atoms with Gasteiger partial charge in [0.2, 0.25) is 0 Å². The van der Waals surface area contributed by atoms with Crippen molar-refractivity contribution >= 4 is 27.1 Å². The van der Waals surface area contributed by atoms with Gasteiger partial charge in [-0.1, -0.05) is 6.07 Å². The molecule has 0 heterocycles. The van der Waals surface area contributed by atoms with E-state index in [-0.39, 0.29) is 22.2 Å². The van der Waals surface area contributed by atoms with Gasteiger partial charge in [0.1, 0.15) is 0 Å². The lowest BCUT2D eigenvalue weighted by Crippen LogP contribution is -2.08. The molecule has 0 aliphatic carbocycles. The van der Waals surface area contributed by atoms with E-state index in [9.17, 15) is 18.5 Å². The molecule has 7 heteroatoms. The molecule has 0 saturated carbocycles. The molecular weight excluding hydrogens is 254 g/mol. The van der Waals surface area contributed by atoms with Gasteiger partial charge in [-0.25, -0.2) is 8.42 Å². The van der Waals surface area contributed by atoms with Gasteiger partial charge >= 0.3 is 0 Å². The summed E-state index contributed by atoms with van der Waals surface area (Å²) in [4.78, 5) is 9.98. The molecule has 1 rings (SSSR count). The zero-order valence-electron chi connectivity index (χ0n) is 8.51. The molecule has 0 aromatic heterocycles. The fourth-order valence-electron chi connectivity index (χ4n) is 1.20. The van der Waals surface area contributed by atoms with E-state index in [1.54, 1.807) is 6.92 Å². The molecule has 88 valence electrons. The third-order valence-corrected chi connectivity index (χ3v) is 4.21. The molecule has 1 aromatic carbocycles. The second-order valence-electron chi connectivity index (χ2n) is 3.21. The highest BCUT2D eigenvalue weighted by Gasteiger charge is 2.19. The maximum atomic E-state index is 11.6. The predicted octanol–water partition coefficient (Wildman–Crippen LogP) is 1.92. The summed E-state index contributed by atoms with van der Waals surface area (Å²) in [6, 6.07) is 3.83. The van der Waals surface area contributed by atoms with Crippen LogP contribution in [0.15, 0.2) is 23.1 Å². The van der Waals surface area contributed by atoms with Gasteiger partial charge in [-0.05, 0) is 13.0 Å². The smallest absolute Gasteiger partial charge is 0.258 e. The first-order valence-corrected chi connectivity index (χ1v) is 6.61. The number of aryl methyl sites for hydroxylation is 1. The van der Waals surface area contributed by atoms with Crippen molar-refractivity contribution in [2.24, 2.45) is 0 Å². The van der Waals surface area contributed by atoms with Gasteiger partial charge in [0.25, 0.3) is 5.69 Å². The number of hydrogen-bond donors (Lipinski definition) is 0. The molecule has 16 heavy (non-hydrogen) atoms. The molecule has 0 spiro atoms. The third kappa shape index (κ3) is 2.70. The Hall–Kier alpha value is -1.14. The number of halogens is 1. The van der Waals surface area contributed by atoms with Crippen molar-refractivity contribution in [1.29, 1.82) is 0 Å². The van der Waals surface area contributed by atoms with E-state index in [0.29, 0.717) is 5.56 Å². The Labute approximate surface area is 98.1 Å². The number of alkyl halides is 1. The maximum Gasteiger partial charge on any atom is 0.273 e. The highest BCUT2D eigenvalue weighted by atomic mass is 35.5. The summed E-state index contributed by atoms with van der Waals surface area (Å²) in [5.41, 5.74) is 0.227. The molecule has 0 aliphatic rings. The fourth-order valence-corrected chi connectivity index (χ4v) is 2.81. The SMILES string of the molecule is Cc1ccc(S(=O)(=O)CCCl)cc1[N+](=O)[O-]. The van der Waals surface area contributed by atoms with Crippen LogP contribution in [0.4, 0.5) is 5.69 Å². The molecule has 5 nitrogen and oxygen atoms in total. The second-order valence-corrected chi connectivity index (χ2v) is 5.70. The van der Waals surface area contributed by atoms with Crippen molar-refractivity contribution in [3.8, 4) is 0 Å². The average Bonchev–Trinajstić information content (AvgIpc) is 2.17. The minimum Gasteiger partial charge on any atom is -0.258 e. The summed E-state index contributed by atoms with van der Waals surface area (Å²) in [6.07, 6.45) is 0. The van der Waals surface area contributed by atoms with Gasteiger partial charge in [0, 0.05) is 17.5 Å². The Morgan fingerprint density at radius 1 is 1.44 bits per heavy atom. The lowest BCUT2D eigenvalue weighted by Gasteiger charge is -2.03. The van der Waals surface area contributed by atoms with Crippen molar-refractivity contribution in [3.63, 3.8) is 0 Å². The van der Waals surface area contributed by atoms with Crippen LogP contribution < -0.4 is 0 Å². The standard InChI is InChI=1S/C9H10ClNO4S/c1-7-2-3-8(6-9(7)11(12)13)16(14,15)5-4-10/h2-3,6H,4-5H2,1H3. The molecule has 0 saturated heterocycles. The maximum absolute atomic E-state index is 11.6. The topological polar surface area (TPSA) is 77.3 Å². The summed E-state index contributed by atoms with van der Waals surface area (Å²) in [5.74, 6) is -0.265. The zero-order chi connectivity index (χ0) is 12.3. The monoisotopic (exact) mass is 263 g/mol. The number of nitro groups is 1. The summed E-state index contributed by atoms with van der Waals surface area (Å²) in [7, 11) is -3.52. The Morgan fingerprint density at radius 3 is 2.56 bits per heavy atom. The Morgan fingerprint density at radius 2 is 2.06 bits per heavy atom. The van der Waals surface area contributed by atoms with Crippen molar-refractivity contribution < 1.29 is 13.3 Å². The highest BCUT2D eigenvalue weighted by molar-refractivity contribution is 7.91. The largest absolute Gasteiger partial charge is 0.273 e. The molecule has 0 radical (unpaired) electrons. The number of benzene rings is 1. The molecule has 0 atom stereocenters. The molecule has 0 amide bonds. The average molecular weight is 264 g/mol. The normalized spacial score (nSPS) is 11.4. The lowest BCUT2D eigenvalue weighted by molar-refractivity contribution is -0.385. The van der Waals surface area contributed by atoms with Gasteiger partial charge in [0.05, 0.1) is 15.6 Å². The van der Waals surface area contributed by atoms with Crippen LogP contribution in [0.1, 0.15) is 5.56 Å². The second kappa shape index (κ2) is 4.80. The van der Waals surface area contributed by atoms with E-state index in [1.165, 1.54) is 12.1 Å². The minimum atomic E-state index is -3.52. The molecule has 0 fully saturated rings. The predicted molar refractivity (Wildman–Crippen MR) is 60.6 cm³/mol. The van der Waals surface area contributed by atoms with Crippen molar-refractivity contribution in [3.05, 3.63) is 33.9 Å². The number of hydrogen-bond acceptors (Lipinski definition) is 4. The van der Waals surface area contributed by atoms with E-state index < -0.39 is 14.8 Å². The van der Waals surface area contributed by atoms with E-state index in [2.05, 4.69) is 0 Å². The zero-order valence-corrected chi connectivity index (χ0v) is 10.1. The van der Waals surface area contributed by atoms with Gasteiger partial charge in [-0.3, -0.25) is 10.1 Å². The van der Waals surface area contributed by atoms with Gasteiger partial charge < -0.3 is 0 Å². The van der Waals surface area contributed by atoms with Gasteiger partial charge in [-0.2, -0.15) is 0 Å². The molecule has 0 N–H and O–H groups in total. The van der Waals surface area contributed by atoms with Gasteiger partial charge in [-0.15, -0.1) is 11.6 Å². The first kappa shape index (κ1) is 12.9. The van der Waals surface area contributed by atoms with Crippen molar-refractivity contribution in [1.82, 2.24) is 0 Å². The van der Waals surface area contributed by atoms with Crippen LogP contribution >= 0.6 is 11.6 Å². The summed E-state index contributed by atoms with van der Waals surface area (Å²) >= 11 is 5.36. The molecule has 1 aromatic rings. The van der Waals surface area contributed by atoms with Crippen molar-refractivity contribution in [2.75, 3.05) is 11.6 Å². The van der Waals surface area contributed by atoms with E-state index in [0.717, 1.165) is 6.07 Å². The molecular formula is C9H10ClNO4S. The Balaban J connectivity index is 3.28. The Bertz CT molecular complexity index is 512. The van der Waals surface area contributed by atoms with E-state index in [4.69, 9.17) is 11.6 Å². The van der Waals surface area contributed by atoms with Crippen LogP contribution in [-0.4, -0.2) is 25.0 Å². The number of nitro benzene ring substituents is 1. The molecule has 0 bridgehead atoms. The minimum absolute atomic E-state index is 0.0377. The summed E-state index contributed by atoms with van der Waals surface area (Å²) in [6.45, 7) is 1.55. The molecule has 0 aliphatic heterocycles. The van der Waals surface area contributed by atoms with Gasteiger partial charge in [0.15, 0.2) is 9.84 Å². The van der Waals surface area contributed by atoms with Crippen LogP contribution in [0.5, 0.6) is 0 Å². The van der Waals surface area contributed by atoms with Crippen molar-refractivity contribution in [2.45, 2.75) is 11.8 Å². The van der Waals surface area contributed by atoms with Crippen LogP contribution in [0.25, 0.3) is 0 Å². The quantitative estimate of drug-likeness (QED) is 0.472. The molecule has 0 unspecified atom stereocenters. The van der Waals surface area contributed by atoms with Crippen LogP contribution in [-0.2, 0) is 9.84 Å². The highest BCUT2D eigenvalue weighted by Crippen LogP contribution is 2.22. The fraction of sp³-hybridized carbons (Fsp3) is 0.333. The Kier molecular flexibility index (Phi) is 3.88. The first-order chi connectivity index (χ1) is 7.38. The summed E-state index contributed by atoms with van der Waals surface area (Å²) in [5, 5.41) is 10.6. The van der Waals surface area contributed by atoms with E-state index in [1.807, 2.05) is 0 Å². The number of sulfone groups is 1.